The van der Waals surface area contributed by atoms with Crippen LogP contribution < -0.4 is 5.32 Å². The lowest BCUT2D eigenvalue weighted by Gasteiger charge is -2.33. The van der Waals surface area contributed by atoms with Crippen LogP contribution in [0.5, 0.6) is 0 Å². The topological polar surface area (TPSA) is 58.6 Å². The van der Waals surface area contributed by atoms with E-state index in [4.69, 9.17) is 4.74 Å². The van der Waals surface area contributed by atoms with Gasteiger partial charge in [-0.3, -0.25) is 9.59 Å². The molecule has 1 atom stereocenters. The number of nitrogens with zero attached hydrogens (tertiary/aromatic N) is 1. The molecule has 5 heteroatoms. The Hall–Kier alpha value is -1.88. The molecule has 0 aromatic heterocycles. The van der Waals surface area contributed by atoms with E-state index in [0.29, 0.717) is 25.3 Å². The van der Waals surface area contributed by atoms with Crippen molar-refractivity contribution in [2.24, 2.45) is 0 Å². The number of piperazine rings is 1. The lowest BCUT2D eigenvalue weighted by atomic mass is 10.1. The molecule has 0 saturated carbocycles. The van der Waals surface area contributed by atoms with E-state index < -0.39 is 6.04 Å². The van der Waals surface area contributed by atoms with Crippen LogP contribution in [0.1, 0.15) is 22.8 Å². The first-order valence-corrected chi connectivity index (χ1v) is 6.30. The van der Waals surface area contributed by atoms with Gasteiger partial charge in [0.25, 0.3) is 5.91 Å². The van der Waals surface area contributed by atoms with Crippen LogP contribution in [0.15, 0.2) is 24.3 Å². The molecule has 0 aliphatic carbocycles. The van der Waals surface area contributed by atoms with Crippen molar-refractivity contribution < 1.29 is 14.3 Å². The Labute approximate surface area is 112 Å². The number of hydrogen-bond donors (Lipinski definition) is 1. The molecule has 2 rings (SSSR count). The lowest BCUT2D eigenvalue weighted by molar-refractivity contribution is -0.127. The Bertz CT molecular complexity index is 487. The Kier molecular flexibility index (Phi) is 4.16. The van der Waals surface area contributed by atoms with Gasteiger partial charge < -0.3 is 15.0 Å². The van der Waals surface area contributed by atoms with Crippen LogP contribution in [0, 0.1) is 0 Å². The minimum atomic E-state index is -0.433. The normalized spacial score (nSPS) is 19.2. The number of rotatable bonds is 3. The van der Waals surface area contributed by atoms with Gasteiger partial charge in [0, 0.05) is 25.8 Å². The van der Waals surface area contributed by atoms with E-state index in [2.05, 4.69) is 5.32 Å². The van der Waals surface area contributed by atoms with E-state index in [9.17, 15) is 9.59 Å². The Morgan fingerprint density at radius 1 is 1.47 bits per heavy atom. The molecule has 1 heterocycles. The Morgan fingerprint density at radius 3 is 2.95 bits per heavy atom. The zero-order chi connectivity index (χ0) is 13.8. The zero-order valence-electron chi connectivity index (χ0n) is 11.2. The molecule has 2 amide bonds. The van der Waals surface area contributed by atoms with Crippen molar-refractivity contribution in [3.05, 3.63) is 35.4 Å². The molecule has 102 valence electrons. The smallest absolute Gasteiger partial charge is 0.254 e. The maximum absolute atomic E-state index is 12.5. The molecule has 1 aromatic rings. The summed E-state index contributed by atoms with van der Waals surface area (Å²) < 4.78 is 5.10. The largest absolute Gasteiger partial charge is 0.380 e. The minimum absolute atomic E-state index is 0.108. The highest BCUT2D eigenvalue weighted by atomic mass is 16.5. The maximum Gasteiger partial charge on any atom is 0.254 e. The Morgan fingerprint density at radius 2 is 2.21 bits per heavy atom. The van der Waals surface area contributed by atoms with Crippen LogP contribution in [0.3, 0.4) is 0 Å². The van der Waals surface area contributed by atoms with Gasteiger partial charge in [0.15, 0.2) is 0 Å². The molecular weight excluding hydrogens is 244 g/mol. The minimum Gasteiger partial charge on any atom is -0.380 e. The third kappa shape index (κ3) is 2.76. The predicted octanol–water partition coefficient (Wildman–Crippen LogP) is 0.794. The number of amides is 2. The van der Waals surface area contributed by atoms with Crippen molar-refractivity contribution >= 4 is 11.8 Å². The second-order valence-corrected chi connectivity index (χ2v) is 4.56. The molecule has 0 radical (unpaired) electrons. The number of nitrogens with one attached hydrogen (secondary N) is 1. The van der Waals surface area contributed by atoms with E-state index in [0.717, 1.165) is 5.56 Å². The third-order valence-electron chi connectivity index (χ3n) is 3.31. The van der Waals surface area contributed by atoms with E-state index in [-0.39, 0.29) is 11.8 Å². The van der Waals surface area contributed by atoms with Crippen molar-refractivity contribution in [1.82, 2.24) is 10.2 Å². The molecule has 1 unspecified atom stereocenters. The van der Waals surface area contributed by atoms with Crippen molar-refractivity contribution in [2.45, 2.75) is 19.6 Å². The number of benzene rings is 1. The predicted molar refractivity (Wildman–Crippen MR) is 70.7 cm³/mol. The first-order valence-electron chi connectivity index (χ1n) is 6.30. The number of carbonyl (C=O) groups is 2. The first-order chi connectivity index (χ1) is 9.15. The fraction of sp³-hybridized carbons (Fsp3) is 0.429. The first kappa shape index (κ1) is 13.5. The van der Waals surface area contributed by atoms with Crippen molar-refractivity contribution in [1.29, 1.82) is 0 Å². The number of ether oxygens (including phenoxy) is 1. The molecule has 1 aliphatic heterocycles. The van der Waals surface area contributed by atoms with Gasteiger partial charge in [0.05, 0.1) is 6.61 Å². The second kappa shape index (κ2) is 5.84. The van der Waals surface area contributed by atoms with Crippen molar-refractivity contribution in [3.63, 3.8) is 0 Å². The van der Waals surface area contributed by atoms with E-state index in [1.165, 1.54) is 0 Å². The van der Waals surface area contributed by atoms with Crippen molar-refractivity contribution in [2.75, 3.05) is 20.2 Å². The van der Waals surface area contributed by atoms with Crippen LogP contribution >= 0.6 is 0 Å². The second-order valence-electron chi connectivity index (χ2n) is 4.56. The molecule has 1 aromatic carbocycles. The molecule has 0 spiro atoms. The summed E-state index contributed by atoms with van der Waals surface area (Å²) in [4.78, 5) is 25.8. The zero-order valence-corrected chi connectivity index (χ0v) is 11.2. The molecule has 19 heavy (non-hydrogen) atoms. The Balaban J connectivity index is 2.26. The van der Waals surface area contributed by atoms with Crippen LogP contribution in [0.2, 0.25) is 0 Å². The van der Waals surface area contributed by atoms with Gasteiger partial charge in [-0.15, -0.1) is 0 Å². The quantitative estimate of drug-likeness (QED) is 0.876. The van der Waals surface area contributed by atoms with Crippen LogP contribution in [0.4, 0.5) is 0 Å². The molecule has 0 bridgehead atoms. The number of carbonyl (C=O) groups excluding carboxylic acids is 2. The molecule has 1 aliphatic rings. The van der Waals surface area contributed by atoms with E-state index in [1.807, 2.05) is 18.2 Å². The van der Waals surface area contributed by atoms with Gasteiger partial charge in [-0.2, -0.15) is 0 Å². The fourth-order valence-electron chi connectivity index (χ4n) is 2.22. The van der Waals surface area contributed by atoms with Gasteiger partial charge >= 0.3 is 0 Å². The van der Waals surface area contributed by atoms with Gasteiger partial charge in [0.1, 0.15) is 6.04 Å². The average Bonchev–Trinajstić information content (AvgIpc) is 2.42. The summed E-state index contributed by atoms with van der Waals surface area (Å²) in [6.45, 7) is 3.16. The summed E-state index contributed by atoms with van der Waals surface area (Å²) in [5.41, 5.74) is 1.44. The highest BCUT2D eigenvalue weighted by Crippen LogP contribution is 2.16. The molecule has 5 nitrogen and oxygen atoms in total. The van der Waals surface area contributed by atoms with Gasteiger partial charge in [-0.25, -0.2) is 0 Å². The average molecular weight is 262 g/mol. The summed E-state index contributed by atoms with van der Waals surface area (Å²) in [5.74, 6) is -0.223. The summed E-state index contributed by atoms with van der Waals surface area (Å²) in [6.07, 6.45) is 0. The maximum atomic E-state index is 12.5. The highest BCUT2D eigenvalue weighted by molar-refractivity contribution is 5.99. The highest BCUT2D eigenvalue weighted by Gasteiger charge is 2.30. The lowest BCUT2D eigenvalue weighted by Crippen LogP contribution is -2.55. The van der Waals surface area contributed by atoms with E-state index >= 15 is 0 Å². The van der Waals surface area contributed by atoms with Crippen molar-refractivity contribution in [3.8, 4) is 0 Å². The van der Waals surface area contributed by atoms with Gasteiger partial charge in [-0.1, -0.05) is 18.2 Å². The fourth-order valence-corrected chi connectivity index (χ4v) is 2.22. The summed E-state index contributed by atoms with van der Waals surface area (Å²) in [5, 5.41) is 2.75. The van der Waals surface area contributed by atoms with Gasteiger partial charge in [0.2, 0.25) is 5.91 Å². The number of hydrogen-bond acceptors (Lipinski definition) is 3. The van der Waals surface area contributed by atoms with Crippen LogP contribution in [-0.4, -0.2) is 43.0 Å². The third-order valence-corrected chi connectivity index (χ3v) is 3.31. The molecule has 1 N–H and O–H groups in total. The molecule has 1 fully saturated rings. The van der Waals surface area contributed by atoms with Gasteiger partial charge in [-0.05, 0) is 18.6 Å². The van der Waals surface area contributed by atoms with Crippen LogP contribution in [-0.2, 0) is 16.1 Å². The van der Waals surface area contributed by atoms with Crippen LogP contribution in [0.25, 0.3) is 0 Å². The SMILES string of the molecule is COCc1ccccc1C(=O)N1CCNC(=O)C1C. The molecular formula is C14H18N2O3. The molecule has 1 saturated heterocycles. The standard InChI is InChI=1S/C14H18N2O3/c1-10-13(17)15-7-8-16(10)14(18)12-6-4-3-5-11(12)9-19-2/h3-6,10H,7-9H2,1-2H3,(H,15,17). The summed E-state index contributed by atoms with van der Waals surface area (Å²) in [6, 6.07) is 6.90. The van der Waals surface area contributed by atoms with E-state index in [1.54, 1.807) is 25.0 Å². The summed E-state index contributed by atoms with van der Waals surface area (Å²) in [7, 11) is 1.60. The summed E-state index contributed by atoms with van der Waals surface area (Å²) >= 11 is 0. The monoisotopic (exact) mass is 262 g/mol. The number of methoxy groups -OCH3 is 1.